The fourth-order valence-corrected chi connectivity index (χ4v) is 2.40. The summed E-state index contributed by atoms with van der Waals surface area (Å²) >= 11 is 0. The third-order valence-corrected chi connectivity index (χ3v) is 3.34. The van der Waals surface area contributed by atoms with Crippen molar-refractivity contribution in [2.45, 2.75) is 19.9 Å². The van der Waals surface area contributed by atoms with Crippen molar-refractivity contribution >= 4 is 23.1 Å². The van der Waals surface area contributed by atoms with Crippen LogP contribution in [0.4, 0.5) is 36.3 Å². The van der Waals surface area contributed by atoms with Crippen molar-refractivity contribution in [2.24, 2.45) is 0 Å². The molecular weight excluding hydrogens is 357 g/mol. The third kappa shape index (κ3) is 4.84. The van der Waals surface area contributed by atoms with E-state index < -0.39 is 17.5 Å². The van der Waals surface area contributed by atoms with Crippen molar-refractivity contribution < 1.29 is 13.2 Å². The van der Waals surface area contributed by atoms with Crippen molar-refractivity contribution in [1.29, 1.82) is 0 Å². The number of rotatable bonds is 5. The summed E-state index contributed by atoms with van der Waals surface area (Å²) in [6.07, 6.45) is 0. The molecule has 0 fully saturated rings. The Hall–Kier alpha value is -3.36. The summed E-state index contributed by atoms with van der Waals surface area (Å²) in [5.41, 5.74) is 5.89. The molecule has 0 saturated carbocycles. The summed E-state index contributed by atoms with van der Waals surface area (Å²) in [6.45, 7) is 3.82. The lowest BCUT2D eigenvalue weighted by Crippen LogP contribution is -2.12. The van der Waals surface area contributed by atoms with Gasteiger partial charge in [-0.2, -0.15) is 0 Å². The SMILES string of the molecule is CC(C)Nc1cc(Nc2cc(F)cc(F)c2)nc(-c2cc(F)cc(N)n2)n1. The number of nitrogen functional groups attached to an aromatic ring is 1. The van der Waals surface area contributed by atoms with Gasteiger partial charge in [-0.05, 0) is 26.0 Å². The quantitative estimate of drug-likeness (QED) is 0.623. The van der Waals surface area contributed by atoms with Crippen LogP contribution in [0.15, 0.2) is 36.4 Å². The standard InChI is InChI=1S/C18H17F3N6/c1-9(2)23-16-8-17(24-13-4-10(19)3-11(20)5-13)27-18(26-16)14-6-12(21)7-15(22)25-14/h3-9H,1-2H3,(H2,22,25)(H2,23,24,26,27). The van der Waals surface area contributed by atoms with Crippen LogP contribution < -0.4 is 16.4 Å². The van der Waals surface area contributed by atoms with E-state index in [1.807, 2.05) is 13.8 Å². The first-order chi connectivity index (χ1) is 12.8. The number of anilines is 4. The lowest BCUT2D eigenvalue weighted by atomic mass is 10.3. The van der Waals surface area contributed by atoms with Gasteiger partial charge in [-0.15, -0.1) is 0 Å². The first-order valence-electron chi connectivity index (χ1n) is 8.10. The second kappa shape index (κ2) is 7.48. The lowest BCUT2D eigenvalue weighted by molar-refractivity contribution is 0.584. The number of pyridine rings is 1. The second-order valence-corrected chi connectivity index (χ2v) is 6.14. The molecule has 140 valence electrons. The van der Waals surface area contributed by atoms with Crippen LogP contribution in [0.1, 0.15) is 13.8 Å². The summed E-state index contributed by atoms with van der Waals surface area (Å²) < 4.78 is 40.5. The number of nitrogens with two attached hydrogens (primary N) is 1. The Morgan fingerprint density at radius 1 is 0.815 bits per heavy atom. The van der Waals surface area contributed by atoms with Gasteiger partial charge >= 0.3 is 0 Å². The van der Waals surface area contributed by atoms with E-state index in [2.05, 4.69) is 25.6 Å². The van der Waals surface area contributed by atoms with Gasteiger partial charge in [0.1, 0.15) is 40.6 Å². The Morgan fingerprint density at radius 2 is 1.44 bits per heavy atom. The normalized spacial score (nSPS) is 10.9. The molecule has 6 nitrogen and oxygen atoms in total. The zero-order valence-corrected chi connectivity index (χ0v) is 14.6. The molecule has 0 aliphatic rings. The van der Waals surface area contributed by atoms with E-state index in [1.54, 1.807) is 6.07 Å². The van der Waals surface area contributed by atoms with Gasteiger partial charge in [0.25, 0.3) is 0 Å². The van der Waals surface area contributed by atoms with Gasteiger partial charge in [0.2, 0.25) is 0 Å². The van der Waals surface area contributed by atoms with Gasteiger partial charge in [0.05, 0.1) is 0 Å². The predicted molar refractivity (Wildman–Crippen MR) is 98.0 cm³/mol. The van der Waals surface area contributed by atoms with E-state index in [4.69, 9.17) is 5.73 Å². The molecule has 9 heteroatoms. The van der Waals surface area contributed by atoms with Gasteiger partial charge in [0.15, 0.2) is 5.82 Å². The molecule has 0 radical (unpaired) electrons. The topological polar surface area (TPSA) is 88.8 Å². The largest absolute Gasteiger partial charge is 0.384 e. The highest BCUT2D eigenvalue weighted by atomic mass is 19.1. The van der Waals surface area contributed by atoms with Crippen LogP contribution in [0.3, 0.4) is 0 Å². The average Bonchev–Trinajstić information content (AvgIpc) is 2.52. The Bertz CT molecular complexity index is 937. The number of benzene rings is 1. The summed E-state index contributed by atoms with van der Waals surface area (Å²) in [5.74, 6) is -1.27. The highest BCUT2D eigenvalue weighted by Gasteiger charge is 2.12. The van der Waals surface area contributed by atoms with E-state index in [1.165, 1.54) is 0 Å². The van der Waals surface area contributed by atoms with E-state index >= 15 is 0 Å². The summed E-state index contributed by atoms with van der Waals surface area (Å²) in [7, 11) is 0. The van der Waals surface area contributed by atoms with Crippen LogP contribution in [-0.4, -0.2) is 21.0 Å². The molecule has 2 heterocycles. The molecule has 0 atom stereocenters. The first-order valence-corrected chi connectivity index (χ1v) is 8.10. The highest BCUT2D eigenvalue weighted by molar-refractivity contribution is 5.64. The fraction of sp³-hybridized carbons (Fsp3) is 0.167. The minimum atomic E-state index is -0.730. The Labute approximate surface area is 153 Å². The zero-order chi connectivity index (χ0) is 19.6. The molecule has 3 aromatic rings. The minimum Gasteiger partial charge on any atom is -0.384 e. The van der Waals surface area contributed by atoms with Gasteiger partial charge < -0.3 is 16.4 Å². The van der Waals surface area contributed by atoms with Gasteiger partial charge in [-0.3, -0.25) is 0 Å². The molecule has 0 aliphatic carbocycles. The number of nitrogens with one attached hydrogen (secondary N) is 2. The van der Waals surface area contributed by atoms with Gasteiger partial charge in [-0.1, -0.05) is 0 Å². The molecule has 4 N–H and O–H groups in total. The molecule has 0 bridgehead atoms. The third-order valence-electron chi connectivity index (χ3n) is 3.34. The Kier molecular flexibility index (Phi) is 5.11. The number of hydrogen-bond donors (Lipinski definition) is 3. The molecule has 0 spiro atoms. The minimum absolute atomic E-state index is 0.0162. The van der Waals surface area contributed by atoms with E-state index in [0.29, 0.717) is 5.82 Å². The molecule has 3 rings (SSSR count). The Morgan fingerprint density at radius 3 is 2.07 bits per heavy atom. The van der Waals surface area contributed by atoms with Crippen molar-refractivity contribution in [1.82, 2.24) is 15.0 Å². The molecular formula is C18H17F3N6. The molecule has 0 unspecified atom stereocenters. The smallest absolute Gasteiger partial charge is 0.182 e. The van der Waals surface area contributed by atoms with Crippen molar-refractivity contribution in [2.75, 3.05) is 16.4 Å². The molecule has 0 aliphatic heterocycles. The number of halogens is 3. The zero-order valence-electron chi connectivity index (χ0n) is 14.6. The maximum Gasteiger partial charge on any atom is 0.182 e. The summed E-state index contributed by atoms with van der Waals surface area (Å²) in [5, 5.41) is 5.92. The number of nitrogens with zero attached hydrogens (tertiary/aromatic N) is 3. The van der Waals surface area contributed by atoms with E-state index in [9.17, 15) is 13.2 Å². The Balaban J connectivity index is 2.04. The average molecular weight is 374 g/mol. The number of hydrogen-bond acceptors (Lipinski definition) is 6. The van der Waals surface area contributed by atoms with Crippen LogP contribution >= 0.6 is 0 Å². The second-order valence-electron chi connectivity index (χ2n) is 6.14. The van der Waals surface area contributed by atoms with Gasteiger partial charge in [0, 0.05) is 36.0 Å². The van der Waals surface area contributed by atoms with Crippen molar-refractivity contribution in [3.8, 4) is 11.5 Å². The molecule has 27 heavy (non-hydrogen) atoms. The maximum atomic E-state index is 13.7. The molecule has 0 amide bonds. The maximum absolute atomic E-state index is 13.7. The predicted octanol–water partition coefficient (Wildman–Crippen LogP) is 4.10. The first kappa shape index (κ1) is 18.4. The van der Waals surface area contributed by atoms with Crippen LogP contribution in [0, 0.1) is 17.5 Å². The lowest BCUT2D eigenvalue weighted by Gasteiger charge is -2.13. The van der Waals surface area contributed by atoms with Crippen molar-refractivity contribution in [3.05, 3.63) is 53.8 Å². The van der Waals surface area contributed by atoms with Crippen molar-refractivity contribution in [3.63, 3.8) is 0 Å². The van der Waals surface area contributed by atoms with Crippen LogP contribution in [0.25, 0.3) is 11.5 Å². The monoisotopic (exact) mass is 374 g/mol. The molecule has 1 aromatic carbocycles. The highest BCUT2D eigenvalue weighted by Crippen LogP contribution is 2.24. The number of aromatic nitrogens is 3. The van der Waals surface area contributed by atoms with E-state index in [0.717, 1.165) is 30.3 Å². The van der Waals surface area contributed by atoms with Gasteiger partial charge in [-0.25, -0.2) is 28.1 Å². The molecule has 0 saturated heterocycles. The fourth-order valence-electron chi connectivity index (χ4n) is 2.40. The van der Waals surface area contributed by atoms with Crippen LogP contribution in [-0.2, 0) is 0 Å². The van der Waals surface area contributed by atoms with Crippen LogP contribution in [0.2, 0.25) is 0 Å². The van der Waals surface area contributed by atoms with E-state index in [-0.39, 0.29) is 34.9 Å². The summed E-state index contributed by atoms with van der Waals surface area (Å²) in [6, 6.07) is 6.86. The van der Waals surface area contributed by atoms with Crippen LogP contribution in [0.5, 0.6) is 0 Å². The summed E-state index contributed by atoms with van der Waals surface area (Å²) in [4.78, 5) is 12.6. The molecule has 2 aromatic heterocycles.